The summed E-state index contributed by atoms with van der Waals surface area (Å²) in [6, 6.07) is 0.633. The Morgan fingerprint density at radius 1 is 1.40 bits per heavy atom. The Morgan fingerprint density at radius 3 is 2.60 bits per heavy atom. The standard InChI is InChI=1S/C10H11F3N4O3/c11-10(12,13)9-5-7(8(6-14-9)17(18)19)15-16-1-3-20-4-2-16/h5-6H,1-4H2,(H,14,15). The zero-order chi connectivity index (χ0) is 14.8. The van der Waals surface area contributed by atoms with Gasteiger partial charge in [-0.25, -0.2) is 9.99 Å². The zero-order valence-corrected chi connectivity index (χ0v) is 10.2. The van der Waals surface area contributed by atoms with Crippen LogP contribution in [-0.4, -0.2) is 41.2 Å². The molecule has 0 saturated carbocycles. The highest BCUT2D eigenvalue weighted by Crippen LogP contribution is 2.33. The quantitative estimate of drug-likeness (QED) is 0.674. The van der Waals surface area contributed by atoms with Crippen LogP contribution in [0, 0.1) is 10.1 Å². The van der Waals surface area contributed by atoms with Crippen LogP contribution in [0.3, 0.4) is 0 Å². The molecule has 0 aliphatic carbocycles. The summed E-state index contributed by atoms with van der Waals surface area (Å²) in [6.45, 7) is 1.64. The van der Waals surface area contributed by atoms with E-state index in [-0.39, 0.29) is 5.69 Å². The summed E-state index contributed by atoms with van der Waals surface area (Å²) in [4.78, 5) is 13.1. The van der Waals surface area contributed by atoms with E-state index in [1.54, 1.807) is 5.01 Å². The van der Waals surface area contributed by atoms with E-state index in [1.165, 1.54) is 0 Å². The van der Waals surface area contributed by atoms with Gasteiger partial charge >= 0.3 is 11.9 Å². The van der Waals surface area contributed by atoms with Gasteiger partial charge in [0.2, 0.25) is 0 Å². The van der Waals surface area contributed by atoms with Gasteiger partial charge in [-0.1, -0.05) is 0 Å². The molecule has 0 bridgehead atoms. The second kappa shape index (κ2) is 5.59. The van der Waals surface area contributed by atoms with E-state index >= 15 is 0 Å². The van der Waals surface area contributed by atoms with Crippen molar-refractivity contribution < 1.29 is 22.8 Å². The first-order valence-electron chi connectivity index (χ1n) is 5.69. The molecule has 0 atom stereocenters. The van der Waals surface area contributed by atoms with Crippen LogP contribution in [0.5, 0.6) is 0 Å². The second-order valence-electron chi connectivity index (χ2n) is 4.05. The third-order valence-corrected chi connectivity index (χ3v) is 2.66. The number of ether oxygens (including phenoxy) is 1. The topological polar surface area (TPSA) is 80.5 Å². The maximum atomic E-state index is 12.6. The number of anilines is 1. The first kappa shape index (κ1) is 14.5. The molecule has 7 nitrogen and oxygen atoms in total. The molecule has 1 aliphatic heterocycles. The molecule has 2 rings (SSSR count). The van der Waals surface area contributed by atoms with Gasteiger partial charge in [-0.15, -0.1) is 0 Å². The molecule has 0 radical (unpaired) electrons. The number of nitrogens with one attached hydrogen (secondary N) is 1. The van der Waals surface area contributed by atoms with Crippen LogP contribution < -0.4 is 5.43 Å². The van der Waals surface area contributed by atoms with Gasteiger partial charge in [-0.3, -0.25) is 10.1 Å². The lowest BCUT2D eigenvalue weighted by molar-refractivity contribution is -0.384. The normalized spacial score (nSPS) is 16.9. The smallest absolute Gasteiger partial charge is 0.379 e. The predicted octanol–water partition coefficient (Wildman–Crippen LogP) is 1.67. The van der Waals surface area contributed by atoms with Gasteiger partial charge in [0.1, 0.15) is 17.6 Å². The zero-order valence-electron chi connectivity index (χ0n) is 10.2. The number of pyridine rings is 1. The Kier molecular flexibility index (Phi) is 4.04. The van der Waals surface area contributed by atoms with Gasteiger partial charge in [-0.05, 0) is 0 Å². The van der Waals surface area contributed by atoms with Crippen LogP contribution in [0.1, 0.15) is 5.69 Å². The summed E-state index contributed by atoms with van der Waals surface area (Å²) >= 11 is 0. The first-order valence-corrected chi connectivity index (χ1v) is 5.69. The summed E-state index contributed by atoms with van der Waals surface area (Å²) in [5, 5.41) is 12.4. The van der Waals surface area contributed by atoms with Crippen molar-refractivity contribution >= 4 is 11.4 Å². The SMILES string of the molecule is O=[N+]([O-])c1cnc(C(F)(F)F)cc1NN1CCOCC1. The van der Waals surface area contributed by atoms with Crippen LogP contribution in [0.4, 0.5) is 24.5 Å². The fraction of sp³-hybridized carbons (Fsp3) is 0.500. The highest BCUT2D eigenvalue weighted by molar-refractivity contribution is 5.60. The van der Waals surface area contributed by atoms with Gasteiger partial charge in [-0.2, -0.15) is 13.2 Å². The third-order valence-electron chi connectivity index (χ3n) is 2.66. The number of hydrogen-bond acceptors (Lipinski definition) is 6. The van der Waals surface area contributed by atoms with Gasteiger partial charge in [0, 0.05) is 19.2 Å². The van der Waals surface area contributed by atoms with E-state index in [0.29, 0.717) is 38.6 Å². The van der Waals surface area contributed by atoms with E-state index < -0.39 is 22.5 Å². The lowest BCUT2D eigenvalue weighted by Crippen LogP contribution is -2.40. The minimum Gasteiger partial charge on any atom is -0.379 e. The van der Waals surface area contributed by atoms with Crippen molar-refractivity contribution in [2.75, 3.05) is 31.7 Å². The second-order valence-corrected chi connectivity index (χ2v) is 4.05. The number of halogens is 3. The molecule has 1 aromatic rings. The average molecular weight is 292 g/mol. The fourth-order valence-corrected chi connectivity index (χ4v) is 1.68. The number of nitro groups is 1. The molecular weight excluding hydrogens is 281 g/mol. The molecule has 2 heterocycles. The van der Waals surface area contributed by atoms with Crippen LogP contribution in [0.15, 0.2) is 12.3 Å². The van der Waals surface area contributed by atoms with Gasteiger partial charge in [0.15, 0.2) is 0 Å². The molecule has 1 N–H and O–H groups in total. The van der Waals surface area contributed by atoms with E-state index in [1.807, 2.05) is 0 Å². The minimum absolute atomic E-state index is 0.237. The lowest BCUT2D eigenvalue weighted by atomic mass is 10.3. The minimum atomic E-state index is -4.66. The number of rotatable bonds is 3. The summed E-state index contributed by atoms with van der Waals surface area (Å²) in [6.07, 6.45) is -4.05. The Balaban J connectivity index is 2.29. The van der Waals surface area contributed by atoms with Crippen molar-refractivity contribution in [1.82, 2.24) is 9.99 Å². The number of nitrogens with zero attached hydrogens (tertiary/aromatic N) is 3. The maximum absolute atomic E-state index is 12.6. The Morgan fingerprint density at radius 2 is 2.05 bits per heavy atom. The van der Waals surface area contributed by atoms with Crippen LogP contribution in [0.25, 0.3) is 0 Å². The Labute approximate surface area is 111 Å². The van der Waals surface area contributed by atoms with E-state index in [4.69, 9.17) is 4.74 Å². The Hall–Kier alpha value is -1.94. The van der Waals surface area contributed by atoms with Gasteiger partial charge in [0.05, 0.1) is 18.1 Å². The largest absolute Gasteiger partial charge is 0.433 e. The molecule has 1 aliphatic rings. The summed E-state index contributed by atoms with van der Waals surface area (Å²) in [5.74, 6) is 0. The summed E-state index contributed by atoms with van der Waals surface area (Å²) in [7, 11) is 0. The highest BCUT2D eigenvalue weighted by atomic mass is 19.4. The highest BCUT2D eigenvalue weighted by Gasteiger charge is 2.34. The van der Waals surface area contributed by atoms with Crippen LogP contribution >= 0.6 is 0 Å². The number of morpholine rings is 1. The van der Waals surface area contributed by atoms with Crippen molar-refractivity contribution in [3.63, 3.8) is 0 Å². The summed E-state index contributed by atoms with van der Waals surface area (Å²) in [5.41, 5.74) is 0.687. The molecule has 1 aromatic heterocycles. The molecule has 0 aromatic carbocycles. The monoisotopic (exact) mass is 292 g/mol. The molecule has 1 fully saturated rings. The fourth-order valence-electron chi connectivity index (χ4n) is 1.68. The van der Waals surface area contributed by atoms with Crippen molar-refractivity contribution in [2.24, 2.45) is 0 Å². The van der Waals surface area contributed by atoms with Crippen molar-refractivity contribution in [2.45, 2.75) is 6.18 Å². The number of aromatic nitrogens is 1. The van der Waals surface area contributed by atoms with Crippen molar-refractivity contribution in [3.8, 4) is 0 Å². The maximum Gasteiger partial charge on any atom is 0.433 e. The summed E-state index contributed by atoms with van der Waals surface area (Å²) < 4.78 is 42.8. The number of hydrogen-bond donors (Lipinski definition) is 1. The molecule has 0 spiro atoms. The van der Waals surface area contributed by atoms with Crippen molar-refractivity contribution in [1.29, 1.82) is 0 Å². The molecule has 110 valence electrons. The predicted molar refractivity (Wildman–Crippen MR) is 61.9 cm³/mol. The van der Waals surface area contributed by atoms with E-state index in [0.717, 1.165) is 0 Å². The number of alkyl halides is 3. The van der Waals surface area contributed by atoms with Gasteiger partial charge in [0.25, 0.3) is 0 Å². The average Bonchev–Trinajstić information content (AvgIpc) is 2.38. The number of hydrazine groups is 1. The van der Waals surface area contributed by atoms with Crippen molar-refractivity contribution in [3.05, 3.63) is 28.1 Å². The Bertz CT molecular complexity index is 503. The van der Waals surface area contributed by atoms with Crippen LogP contribution in [-0.2, 0) is 10.9 Å². The molecule has 0 amide bonds. The molecular formula is C10H11F3N4O3. The first-order chi connectivity index (χ1) is 9.38. The molecule has 20 heavy (non-hydrogen) atoms. The lowest BCUT2D eigenvalue weighted by Gasteiger charge is -2.27. The molecule has 0 unspecified atom stereocenters. The third kappa shape index (κ3) is 3.33. The molecule has 10 heteroatoms. The van der Waals surface area contributed by atoms with E-state index in [9.17, 15) is 23.3 Å². The van der Waals surface area contributed by atoms with E-state index in [2.05, 4.69) is 10.4 Å². The van der Waals surface area contributed by atoms with Crippen LogP contribution in [0.2, 0.25) is 0 Å². The molecule has 1 saturated heterocycles. The van der Waals surface area contributed by atoms with Gasteiger partial charge < -0.3 is 10.2 Å².